The Hall–Kier alpha value is -10.5. The second kappa shape index (κ2) is 70.1. The molecule has 0 fully saturated rings. The molecule has 0 spiro atoms. The topological polar surface area (TPSA) is 319 Å². The van der Waals surface area contributed by atoms with Crippen molar-refractivity contribution in [1.82, 2.24) is 44.1 Å². The number of unbranched alkanes of at least 4 members (excludes halogenated alkanes) is 37. The highest BCUT2D eigenvalue weighted by molar-refractivity contribution is 6.17. The third-order valence-corrected chi connectivity index (χ3v) is 26.6. The summed E-state index contributed by atoms with van der Waals surface area (Å²) in [5, 5.41) is 0. The number of imide groups is 8. The monoisotopic (exact) mass is 1900 g/mol. The van der Waals surface area contributed by atoms with Crippen molar-refractivity contribution >= 4 is 100 Å². The molecule has 17 amide bonds. The molecule has 3 unspecified atom stereocenters. The Balaban J connectivity index is 0.000000317. The molecule has 0 saturated heterocycles. The Morgan fingerprint density at radius 1 is 0.241 bits per heavy atom. The van der Waals surface area contributed by atoms with E-state index in [2.05, 4.69) is 39.5 Å². The Bertz CT molecular complexity index is 4030. The van der Waals surface area contributed by atoms with E-state index in [-0.39, 0.29) is 106 Å². The maximum atomic E-state index is 12.0. The standard InChI is InChI=1S/C43H70N2O3.C22H37NO2.C20H28N2O4.C14H16N2O4.2C6H7NO2/c1-4-6-8-12-18-24-37-34-38(25-19-13-9-7-5-2)40(27-21-15-11-17-23-33-45-42(47)30-31-43(45)48)35-39(37)26-20-14-10-16-22-32-44-36(3)28-29-41(44)46;1-2-3-4-5-6-7-8-9-10-11-12-13-14-15-16-17-20-23-21(24)18-19-22(23)25;23-17-11-12-18(24)21(17)15-9-7-5-3-1-2-4-6-8-10-16-22-19(25)13-14-20(22)26;1-10(9-16-13(19)6-7-14(16)20)3-2-8-15-11(17)4-5-12(15)18;2*1-2-7-5(8)3-4-6(7)9/h28-31,38,40H,3-27,32-35H2,1-2H3;10-11,18-19H,2-9,12-17,20H2,1H3;11-14H,1-10,15-16H2;4-7,10H,2-3,8-9H2,1H3;2*3-4H,2H2,1H3/b;11-10+;;;;. The summed E-state index contributed by atoms with van der Waals surface area (Å²) in [4.78, 5) is 204. The number of hydrogen-bond acceptors (Lipinski definition) is 17. The first kappa shape index (κ1) is 117. The number of likely N-dealkylation sites (N-methyl/N-ethyl adjacent to an activating group) is 2. The van der Waals surface area contributed by atoms with Gasteiger partial charge in [0, 0.05) is 168 Å². The van der Waals surface area contributed by atoms with Gasteiger partial charge in [-0.2, -0.15) is 0 Å². The third-order valence-electron chi connectivity index (χ3n) is 26.6. The number of rotatable bonds is 65. The molecule has 0 aromatic carbocycles. The SMILES string of the molecule is C=C1C=CC(=O)N1CCCCCCCC1=C(CCCCCCC)CC(CCCCCCC)C(CCCCCCCN2C(=O)C=CC2=O)C1.CC(CCCN1C(=O)C=CC1=O)CN1C(=O)C=CC1=O.CCCCCCCCC/C=C/CCCCCCCN1C(=O)C=CC1=O.CCN1C(=O)C=CC1=O.CCN1C(=O)C=CC1=O.O=C1C=CC(=O)N1CCCCCCCCCCCCN1C(=O)C=CC1=O. The lowest BCUT2D eigenvalue weighted by Crippen LogP contribution is -2.35. The van der Waals surface area contributed by atoms with Crippen LogP contribution >= 0.6 is 0 Å². The fraction of sp³-hybridized carbons (Fsp3) is 0.631. The van der Waals surface area contributed by atoms with Gasteiger partial charge < -0.3 is 4.90 Å². The summed E-state index contributed by atoms with van der Waals surface area (Å²) in [6, 6.07) is 0. The summed E-state index contributed by atoms with van der Waals surface area (Å²) in [7, 11) is 0. The molecule has 10 aliphatic rings. The molecular weight excluding hydrogens is 1730 g/mol. The zero-order valence-corrected chi connectivity index (χ0v) is 84.1. The zero-order chi connectivity index (χ0) is 99.8. The molecule has 9 heterocycles. The molecule has 26 nitrogen and oxygen atoms in total. The van der Waals surface area contributed by atoms with E-state index in [0.717, 1.165) is 101 Å². The lowest BCUT2D eigenvalue weighted by molar-refractivity contribution is -0.139. The first-order chi connectivity index (χ1) is 66.3. The molecule has 0 aromatic heterocycles. The van der Waals surface area contributed by atoms with Crippen LogP contribution in [0.2, 0.25) is 0 Å². The van der Waals surface area contributed by atoms with Gasteiger partial charge in [-0.1, -0.05) is 269 Å². The highest BCUT2D eigenvalue weighted by atomic mass is 16.2. The summed E-state index contributed by atoms with van der Waals surface area (Å²) >= 11 is 0. The van der Waals surface area contributed by atoms with E-state index >= 15 is 0 Å². The maximum absolute atomic E-state index is 12.0. The molecule has 26 heteroatoms. The molecule has 0 bridgehead atoms. The van der Waals surface area contributed by atoms with Crippen LogP contribution in [0.4, 0.5) is 0 Å². The van der Waals surface area contributed by atoms with Gasteiger partial charge in [-0.25, -0.2) is 0 Å². The van der Waals surface area contributed by atoms with Gasteiger partial charge in [-0.3, -0.25) is 121 Å². The van der Waals surface area contributed by atoms with Crippen molar-refractivity contribution in [2.75, 3.05) is 58.9 Å². The predicted molar refractivity (Wildman–Crippen MR) is 538 cm³/mol. The average molecular weight is 1900 g/mol. The van der Waals surface area contributed by atoms with Gasteiger partial charge in [0.05, 0.1) is 0 Å². The van der Waals surface area contributed by atoms with E-state index in [1.807, 2.05) is 29.0 Å². The van der Waals surface area contributed by atoms with Crippen LogP contribution in [-0.2, 0) is 81.5 Å². The molecule has 756 valence electrons. The van der Waals surface area contributed by atoms with Gasteiger partial charge >= 0.3 is 0 Å². The van der Waals surface area contributed by atoms with Gasteiger partial charge in [0.15, 0.2) is 0 Å². The number of carbonyl (C=O) groups excluding carboxylic acids is 17. The van der Waals surface area contributed by atoms with Gasteiger partial charge in [0.1, 0.15) is 0 Å². The lowest BCUT2D eigenvalue weighted by atomic mass is 9.70. The minimum Gasteiger partial charge on any atom is -0.309 e. The minimum absolute atomic E-state index is 0.0888. The smallest absolute Gasteiger partial charge is 0.253 e. The van der Waals surface area contributed by atoms with Crippen LogP contribution in [0, 0.1) is 17.8 Å². The van der Waals surface area contributed by atoms with Gasteiger partial charge in [-0.15, -0.1) is 0 Å². The zero-order valence-electron chi connectivity index (χ0n) is 84.1. The van der Waals surface area contributed by atoms with Crippen LogP contribution in [0.15, 0.2) is 145 Å². The normalized spacial score (nSPS) is 17.8. The van der Waals surface area contributed by atoms with Crippen LogP contribution in [0.25, 0.3) is 0 Å². The number of carbonyl (C=O) groups is 17. The average Bonchev–Trinajstić information content (AvgIpc) is 1.75. The van der Waals surface area contributed by atoms with Crippen LogP contribution in [0.5, 0.6) is 0 Å². The van der Waals surface area contributed by atoms with Crippen molar-refractivity contribution in [3.8, 4) is 0 Å². The highest BCUT2D eigenvalue weighted by Gasteiger charge is 2.33. The van der Waals surface area contributed by atoms with E-state index in [4.69, 9.17) is 0 Å². The summed E-state index contributed by atoms with van der Waals surface area (Å²) < 4.78 is 0. The molecular formula is C111H165N9O17. The van der Waals surface area contributed by atoms with Crippen molar-refractivity contribution in [3.63, 3.8) is 0 Å². The van der Waals surface area contributed by atoms with E-state index in [1.165, 1.54) is 387 Å². The molecule has 0 aromatic rings. The Morgan fingerprint density at radius 2 is 0.445 bits per heavy atom. The molecule has 137 heavy (non-hydrogen) atoms. The van der Waals surface area contributed by atoms with E-state index in [0.29, 0.717) is 58.8 Å². The van der Waals surface area contributed by atoms with Gasteiger partial charge in [0.2, 0.25) is 0 Å². The summed E-state index contributed by atoms with van der Waals surface area (Å²) in [6.07, 6.45) is 92.9. The Labute approximate surface area is 818 Å². The number of amides is 17. The van der Waals surface area contributed by atoms with Crippen LogP contribution in [0.1, 0.15) is 375 Å². The summed E-state index contributed by atoms with van der Waals surface area (Å²) in [5.74, 6) is -1.41. The molecule has 0 N–H and O–H groups in total. The van der Waals surface area contributed by atoms with Crippen molar-refractivity contribution in [2.45, 2.75) is 375 Å². The van der Waals surface area contributed by atoms with Crippen molar-refractivity contribution in [1.29, 1.82) is 0 Å². The largest absolute Gasteiger partial charge is 0.309 e. The maximum Gasteiger partial charge on any atom is 0.253 e. The van der Waals surface area contributed by atoms with Gasteiger partial charge in [0.25, 0.3) is 100 Å². The van der Waals surface area contributed by atoms with Crippen molar-refractivity contribution in [2.24, 2.45) is 17.8 Å². The second-order valence-corrected chi connectivity index (χ2v) is 37.5. The first-order valence-corrected chi connectivity index (χ1v) is 52.6. The van der Waals surface area contributed by atoms with Gasteiger partial charge in [-0.05, 0) is 160 Å². The Morgan fingerprint density at radius 3 is 0.693 bits per heavy atom. The number of allylic oxidation sites excluding steroid dienone is 5. The van der Waals surface area contributed by atoms with Crippen molar-refractivity contribution in [3.05, 3.63) is 145 Å². The molecule has 1 aliphatic carbocycles. The molecule has 3 atom stereocenters. The molecule has 0 radical (unpaired) electrons. The van der Waals surface area contributed by atoms with Crippen molar-refractivity contribution < 1.29 is 81.5 Å². The van der Waals surface area contributed by atoms with E-state index in [1.54, 1.807) is 19.9 Å². The molecule has 0 saturated carbocycles. The molecule has 10 rings (SSSR count). The van der Waals surface area contributed by atoms with Crippen LogP contribution < -0.4 is 0 Å². The lowest BCUT2D eigenvalue weighted by Gasteiger charge is -2.36. The first-order valence-electron chi connectivity index (χ1n) is 52.6. The van der Waals surface area contributed by atoms with Crippen LogP contribution in [0.3, 0.4) is 0 Å². The van der Waals surface area contributed by atoms with Crippen LogP contribution in [-0.4, -0.2) is 203 Å². The quantitative estimate of drug-likeness (QED) is 0.0310. The number of hydrogen-bond donors (Lipinski definition) is 0. The molecule has 9 aliphatic heterocycles. The minimum atomic E-state index is -0.282. The summed E-state index contributed by atoms with van der Waals surface area (Å²) in [6.45, 7) is 21.0. The fourth-order valence-corrected chi connectivity index (χ4v) is 18.4. The third kappa shape index (κ3) is 46.2. The second-order valence-electron chi connectivity index (χ2n) is 37.5. The fourth-order valence-electron chi connectivity index (χ4n) is 18.4. The summed E-state index contributed by atoms with van der Waals surface area (Å²) in [5.41, 5.74) is 4.52. The Kier molecular flexibility index (Phi) is 59.9. The van der Waals surface area contributed by atoms with E-state index in [9.17, 15) is 81.5 Å². The highest BCUT2D eigenvalue weighted by Crippen LogP contribution is 2.44. The number of nitrogens with zero attached hydrogens (tertiary/aromatic N) is 9. The van der Waals surface area contributed by atoms with E-state index < -0.39 is 0 Å². The predicted octanol–water partition coefficient (Wildman–Crippen LogP) is 20.4.